The Morgan fingerprint density at radius 2 is 2.31 bits per heavy atom. The number of aromatic nitrogens is 2. The molecule has 0 saturated heterocycles. The summed E-state index contributed by atoms with van der Waals surface area (Å²) in [5.74, 6) is 0. The summed E-state index contributed by atoms with van der Waals surface area (Å²) < 4.78 is 2.10. The van der Waals surface area contributed by atoms with Crippen molar-refractivity contribution in [2.45, 2.75) is 13.5 Å². The van der Waals surface area contributed by atoms with Crippen LogP contribution in [0.4, 0.5) is 0 Å². The molecule has 0 bridgehead atoms. The highest BCUT2D eigenvalue weighted by Gasteiger charge is 2.05. The average molecular weight is 175 g/mol. The lowest BCUT2D eigenvalue weighted by Crippen LogP contribution is -2.06. The van der Waals surface area contributed by atoms with Crippen LogP contribution >= 0.6 is 0 Å². The van der Waals surface area contributed by atoms with Crippen LogP contribution in [0.3, 0.4) is 0 Å². The highest BCUT2D eigenvalue weighted by Crippen LogP contribution is 2.10. The summed E-state index contributed by atoms with van der Waals surface area (Å²) in [6.07, 6.45) is 2.04. The average Bonchev–Trinajstić information content (AvgIpc) is 2.46. The highest BCUT2D eigenvalue weighted by atomic mass is 15.0. The monoisotopic (exact) mass is 175 g/mol. The van der Waals surface area contributed by atoms with Crippen LogP contribution in [0.25, 0.3) is 5.65 Å². The first-order valence-corrected chi connectivity index (χ1v) is 4.40. The molecule has 0 saturated carbocycles. The van der Waals surface area contributed by atoms with Gasteiger partial charge in [0.15, 0.2) is 0 Å². The van der Waals surface area contributed by atoms with Gasteiger partial charge in [-0.2, -0.15) is 0 Å². The fourth-order valence-corrected chi connectivity index (χ4v) is 1.50. The number of rotatable bonds is 2. The molecule has 0 atom stereocenters. The van der Waals surface area contributed by atoms with Gasteiger partial charge in [0.1, 0.15) is 5.65 Å². The highest BCUT2D eigenvalue weighted by molar-refractivity contribution is 5.42. The molecular formula is C10H13N3. The van der Waals surface area contributed by atoms with Gasteiger partial charge in [0.2, 0.25) is 0 Å². The topological polar surface area (TPSA) is 29.3 Å². The van der Waals surface area contributed by atoms with Crippen LogP contribution < -0.4 is 5.32 Å². The summed E-state index contributed by atoms with van der Waals surface area (Å²) in [5, 5.41) is 3.11. The molecular weight excluding hydrogens is 162 g/mol. The van der Waals surface area contributed by atoms with Crippen molar-refractivity contribution < 1.29 is 0 Å². The van der Waals surface area contributed by atoms with Crippen LogP contribution in [0, 0.1) is 6.92 Å². The van der Waals surface area contributed by atoms with Gasteiger partial charge in [0.25, 0.3) is 0 Å². The van der Waals surface area contributed by atoms with Crippen molar-refractivity contribution in [1.82, 2.24) is 14.7 Å². The number of hydrogen-bond acceptors (Lipinski definition) is 2. The molecule has 0 spiro atoms. The summed E-state index contributed by atoms with van der Waals surface area (Å²) >= 11 is 0. The van der Waals surface area contributed by atoms with E-state index in [4.69, 9.17) is 0 Å². The first-order chi connectivity index (χ1) is 6.33. The zero-order valence-electron chi connectivity index (χ0n) is 7.91. The third kappa shape index (κ3) is 1.31. The number of imidazole rings is 1. The van der Waals surface area contributed by atoms with Crippen LogP contribution in [0.5, 0.6) is 0 Å². The number of aryl methyl sites for hydroxylation is 1. The van der Waals surface area contributed by atoms with Crippen LogP contribution in [-0.4, -0.2) is 16.4 Å². The summed E-state index contributed by atoms with van der Waals surface area (Å²) in [5.41, 5.74) is 3.35. The summed E-state index contributed by atoms with van der Waals surface area (Å²) in [6.45, 7) is 2.92. The number of nitrogens with zero attached hydrogens (tertiary/aromatic N) is 2. The Hall–Kier alpha value is -1.35. The molecule has 1 N–H and O–H groups in total. The lowest BCUT2D eigenvalue weighted by molar-refractivity contribution is 0.790. The van der Waals surface area contributed by atoms with Gasteiger partial charge in [-0.05, 0) is 26.1 Å². The minimum Gasteiger partial charge on any atom is -0.314 e. The molecule has 2 aromatic rings. The second kappa shape index (κ2) is 3.18. The molecule has 0 radical (unpaired) electrons. The Bertz CT molecular complexity index is 417. The van der Waals surface area contributed by atoms with Crippen molar-refractivity contribution in [3.05, 3.63) is 35.8 Å². The third-order valence-electron chi connectivity index (χ3n) is 2.21. The van der Waals surface area contributed by atoms with Crippen molar-refractivity contribution in [1.29, 1.82) is 0 Å². The van der Waals surface area contributed by atoms with E-state index >= 15 is 0 Å². The van der Waals surface area contributed by atoms with E-state index in [0.717, 1.165) is 17.9 Å². The van der Waals surface area contributed by atoms with Crippen LogP contribution in [0.2, 0.25) is 0 Å². The Labute approximate surface area is 77.4 Å². The molecule has 0 amide bonds. The Morgan fingerprint density at radius 3 is 3.00 bits per heavy atom. The zero-order valence-corrected chi connectivity index (χ0v) is 7.91. The quantitative estimate of drug-likeness (QED) is 0.746. The van der Waals surface area contributed by atoms with Crippen molar-refractivity contribution >= 4 is 5.65 Å². The van der Waals surface area contributed by atoms with Gasteiger partial charge >= 0.3 is 0 Å². The van der Waals surface area contributed by atoms with Gasteiger partial charge in [0.05, 0.1) is 5.69 Å². The predicted molar refractivity (Wildman–Crippen MR) is 52.7 cm³/mol. The summed E-state index contributed by atoms with van der Waals surface area (Å²) in [6, 6.07) is 6.04. The number of nitrogens with one attached hydrogen (secondary N) is 1. The molecule has 2 aromatic heterocycles. The predicted octanol–water partition coefficient (Wildman–Crippen LogP) is 1.36. The zero-order chi connectivity index (χ0) is 9.26. The first kappa shape index (κ1) is 8.26. The van der Waals surface area contributed by atoms with E-state index in [1.54, 1.807) is 0 Å². The standard InChI is InChI=1S/C10H13N3/c1-8-9(7-11-2)12-10-5-3-4-6-13(8)10/h3-6,11H,7H2,1-2H3. The van der Waals surface area contributed by atoms with Gasteiger partial charge in [-0.3, -0.25) is 0 Å². The minimum atomic E-state index is 0.827. The third-order valence-corrected chi connectivity index (χ3v) is 2.21. The Balaban J connectivity index is 2.60. The second-order valence-electron chi connectivity index (χ2n) is 3.10. The molecule has 0 aliphatic rings. The molecule has 0 unspecified atom stereocenters. The lowest BCUT2D eigenvalue weighted by Gasteiger charge is -1.96. The fraction of sp³-hybridized carbons (Fsp3) is 0.300. The summed E-state index contributed by atoms with van der Waals surface area (Å²) in [4.78, 5) is 4.50. The van der Waals surface area contributed by atoms with Gasteiger partial charge in [-0.15, -0.1) is 0 Å². The van der Waals surface area contributed by atoms with Gasteiger partial charge in [-0.25, -0.2) is 4.98 Å². The smallest absolute Gasteiger partial charge is 0.137 e. The molecule has 0 fully saturated rings. The van der Waals surface area contributed by atoms with Crippen molar-refractivity contribution in [2.75, 3.05) is 7.05 Å². The van der Waals surface area contributed by atoms with Gasteiger partial charge in [-0.1, -0.05) is 6.07 Å². The minimum absolute atomic E-state index is 0.827. The maximum Gasteiger partial charge on any atom is 0.137 e. The molecule has 3 nitrogen and oxygen atoms in total. The van der Waals surface area contributed by atoms with E-state index in [1.807, 2.05) is 31.4 Å². The molecule has 3 heteroatoms. The molecule has 2 heterocycles. The molecule has 68 valence electrons. The van der Waals surface area contributed by atoms with Crippen LogP contribution in [-0.2, 0) is 6.54 Å². The van der Waals surface area contributed by atoms with Crippen LogP contribution in [0.1, 0.15) is 11.4 Å². The molecule has 2 rings (SSSR count). The van der Waals surface area contributed by atoms with E-state index in [2.05, 4.69) is 21.6 Å². The van der Waals surface area contributed by atoms with Crippen molar-refractivity contribution in [3.8, 4) is 0 Å². The normalized spacial score (nSPS) is 10.9. The number of fused-ring (bicyclic) bond motifs is 1. The van der Waals surface area contributed by atoms with E-state index < -0.39 is 0 Å². The SMILES string of the molecule is CNCc1nc2ccccn2c1C. The van der Waals surface area contributed by atoms with E-state index in [9.17, 15) is 0 Å². The van der Waals surface area contributed by atoms with E-state index in [-0.39, 0.29) is 0 Å². The molecule has 0 aliphatic heterocycles. The van der Waals surface area contributed by atoms with Crippen molar-refractivity contribution in [3.63, 3.8) is 0 Å². The molecule has 0 aromatic carbocycles. The van der Waals surface area contributed by atoms with Crippen LogP contribution in [0.15, 0.2) is 24.4 Å². The Kier molecular flexibility index (Phi) is 2.02. The maximum absolute atomic E-state index is 4.50. The first-order valence-electron chi connectivity index (χ1n) is 4.40. The number of hydrogen-bond donors (Lipinski definition) is 1. The van der Waals surface area contributed by atoms with Gasteiger partial charge < -0.3 is 9.72 Å². The summed E-state index contributed by atoms with van der Waals surface area (Å²) in [7, 11) is 1.93. The van der Waals surface area contributed by atoms with Crippen molar-refractivity contribution in [2.24, 2.45) is 0 Å². The lowest BCUT2D eigenvalue weighted by atomic mass is 10.3. The molecule has 0 aliphatic carbocycles. The second-order valence-corrected chi connectivity index (χ2v) is 3.10. The van der Waals surface area contributed by atoms with E-state index in [1.165, 1.54) is 5.69 Å². The maximum atomic E-state index is 4.50. The fourth-order valence-electron chi connectivity index (χ4n) is 1.50. The number of pyridine rings is 1. The Morgan fingerprint density at radius 1 is 1.46 bits per heavy atom. The molecule has 13 heavy (non-hydrogen) atoms. The van der Waals surface area contributed by atoms with Gasteiger partial charge in [0, 0.05) is 18.4 Å². The van der Waals surface area contributed by atoms with E-state index in [0.29, 0.717) is 0 Å². The largest absolute Gasteiger partial charge is 0.314 e.